The molecule has 90 valence electrons. The first-order valence-electron chi connectivity index (χ1n) is 5.73. The van der Waals surface area contributed by atoms with Gasteiger partial charge >= 0.3 is 0 Å². The molecule has 0 spiro atoms. The molecule has 0 aromatic heterocycles. The van der Waals surface area contributed by atoms with Crippen molar-refractivity contribution >= 4 is 11.6 Å². The Hall–Kier alpha value is -0.730. The van der Waals surface area contributed by atoms with E-state index in [-0.39, 0.29) is 6.04 Å². The zero-order valence-electron chi connectivity index (χ0n) is 10.2. The van der Waals surface area contributed by atoms with Gasteiger partial charge in [-0.1, -0.05) is 44.4 Å². The molecule has 0 radical (unpaired) electrons. The van der Waals surface area contributed by atoms with Crippen LogP contribution < -0.4 is 10.5 Å². The lowest BCUT2D eigenvalue weighted by Gasteiger charge is -2.22. The quantitative estimate of drug-likeness (QED) is 0.852. The third-order valence-corrected chi connectivity index (χ3v) is 3.43. The summed E-state index contributed by atoms with van der Waals surface area (Å²) in [5, 5.41) is 0.628. The van der Waals surface area contributed by atoms with Gasteiger partial charge in [-0.3, -0.25) is 0 Å². The Morgan fingerprint density at radius 2 is 1.94 bits per heavy atom. The smallest absolute Gasteiger partial charge is 0.137 e. The van der Waals surface area contributed by atoms with Crippen LogP contribution in [-0.4, -0.2) is 7.11 Å². The molecule has 16 heavy (non-hydrogen) atoms. The number of halogens is 1. The van der Waals surface area contributed by atoms with E-state index in [1.807, 2.05) is 18.2 Å². The van der Waals surface area contributed by atoms with Gasteiger partial charge in [0.25, 0.3) is 0 Å². The average molecular weight is 242 g/mol. The summed E-state index contributed by atoms with van der Waals surface area (Å²) in [7, 11) is 1.62. The van der Waals surface area contributed by atoms with E-state index in [4.69, 9.17) is 22.1 Å². The lowest BCUT2D eigenvalue weighted by Crippen LogP contribution is -2.20. The minimum Gasteiger partial charge on any atom is -0.495 e. The Morgan fingerprint density at radius 1 is 1.31 bits per heavy atom. The van der Waals surface area contributed by atoms with Crippen LogP contribution in [0.2, 0.25) is 5.02 Å². The van der Waals surface area contributed by atoms with Crippen LogP contribution in [0.15, 0.2) is 18.2 Å². The lowest BCUT2D eigenvalue weighted by molar-refractivity contribution is 0.396. The maximum atomic E-state index is 6.24. The molecule has 1 aromatic rings. The van der Waals surface area contributed by atoms with Gasteiger partial charge < -0.3 is 10.5 Å². The van der Waals surface area contributed by atoms with Crippen LogP contribution >= 0.6 is 11.6 Å². The number of benzene rings is 1. The van der Waals surface area contributed by atoms with Crippen molar-refractivity contribution in [1.29, 1.82) is 0 Å². The molecule has 3 heteroatoms. The number of methoxy groups -OCH3 is 1. The molecule has 1 aromatic carbocycles. The number of hydrogen-bond donors (Lipinski definition) is 1. The predicted octanol–water partition coefficient (Wildman–Crippen LogP) is 3.78. The van der Waals surface area contributed by atoms with E-state index in [2.05, 4.69) is 13.8 Å². The molecule has 0 amide bonds. The van der Waals surface area contributed by atoms with Crippen LogP contribution in [0.5, 0.6) is 5.75 Å². The molecule has 0 saturated heterocycles. The third-order valence-electron chi connectivity index (χ3n) is 3.12. The second-order valence-electron chi connectivity index (χ2n) is 4.00. The summed E-state index contributed by atoms with van der Waals surface area (Å²) in [6, 6.07) is 5.82. The van der Waals surface area contributed by atoms with E-state index < -0.39 is 0 Å². The Bertz CT molecular complexity index is 337. The average Bonchev–Trinajstić information content (AvgIpc) is 2.31. The van der Waals surface area contributed by atoms with Crippen LogP contribution in [0.3, 0.4) is 0 Å². The SMILES string of the molecule is CCC(CC)C(N)c1ccc(Cl)c(OC)c1. The van der Waals surface area contributed by atoms with Crippen LogP contribution in [0.25, 0.3) is 0 Å². The normalized spacial score (nSPS) is 12.9. The van der Waals surface area contributed by atoms with Gasteiger partial charge in [-0.05, 0) is 23.6 Å². The summed E-state index contributed by atoms with van der Waals surface area (Å²) in [5.74, 6) is 1.20. The van der Waals surface area contributed by atoms with Gasteiger partial charge in [0.05, 0.1) is 12.1 Å². The topological polar surface area (TPSA) is 35.2 Å². The van der Waals surface area contributed by atoms with Crippen molar-refractivity contribution in [2.24, 2.45) is 11.7 Å². The first-order chi connectivity index (χ1) is 7.63. The molecule has 0 aliphatic rings. The van der Waals surface area contributed by atoms with E-state index >= 15 is 0 Å². The molecule has 0 aliphatic carbocycles. The maximum absolute atomic E-state index is 6.24. The zero-order chi connectivity index (χ0) is 12.1. The number of ether oxygens (including phenoxy) is 1. The maximum Gasteiger partial charge on any atom is 0.137 e. The number of hydrogen-bond acceptors (Lipinski definition) is 2. The highest BCUT2D eigenvalue weighted by atomic mass is 35.5. The van der Waals surface area contributed by atoms with E-state index in [1.54, 1.807) is 7.11 Å². The summed E-state index contributed by atoms with van der Waals surface area (Å²) in [5.41, 5.74) is 7.33. The van der Waals surface area contributed by atoms with E-state index in [1.165, 1.54) is 0 Å². The van der Waals surface area contributed by atoms with Gasteiger partial charge in [0.1, 0.15) is 5.75 Å². The van der Waals surface area contributed by atoms with Crippen molar-refractivity contribution in [3.8, 4) is 5.75 Å². The fourth-order valence-electron chi connectivity index (χ4n) is 1.95. The Balaban J connectivity index is 2.95. The van der Waals surface area contributed by atoms with E-state index in [0.717, 1.165) is 18.4 Å². The molecular formula is C13H20ClNO. The summed E-state index contributed by atoms with van der Waals surface area (Å²) in [6.45, 7) is 4.34. The van der Waals surface area contributed by atoms with Gasteiger partial charge in [-0.2, -0.15) is 0 Å². The molecule has 0 saturated carbocycles. The van der Waals surface area contributed by atoms with Crippen LogP contribution in [0.1, 0.15) is 38.3 Å². The minimum absolute atomic E-state index is 0.0566. The van der Waals surface area contributed by atoms with Gasteiger partial charge in [0.15, 0.2) is 0 Å². The molecule has 1 unspecified atom stereocenters. The van der Waals surface area contributed by atoms with Crippen molar-refractivity contribution in [2.45, 2.75) is 32.7 Å². The van der Waals surface area contributed by atoms with Gasteiger partial charge in [0, 0.05) is 6.04 Å². The molecule has 0 fully saturated rings. The first kappa shape index (κ1) is 13.3. The molecule has 0 heterocycles. The van der Waals surface area contributed by atoms with E-state index in [0.29, 0.717) is 16.7 Å². The summed E-state index contributed by atoms with van der Waals surface area (Å²) >= 11 is 5.98. The van der Waals surface area contributed by atoms with Gasteiger partial charge in [-0.25, -0.2) is 0 Å². The fourth-order valence-corrected chi connectivity index (χ4v) is 2.15. The molecule has 2 N–H and O–H groups in total. The van der Waals surface area contributed by atoms with Crippen molar-refractivity contribution in [2.75, 3.05) is 7.11 Å². The Morgan fingerprint density at radius 3 is 2.44 bits per heavy atom. The van der Waals surface area contributed by atoms with E-state index in [9.17, 15) is 0 Å². The number of nitrogens with two attached hydrogens (primary N) is 1. The first-order valence-corrected chi connectivity index (χ1v) is 6.10. The second-order valence-corrected chi connectivity index (χ2v) is 4.40. The molecule has 1 atom stereocenters. The zero-order valence-corrected chi connectivity index (χ0v) is 10.9. The lowest BCUT2D eigenvalue weighted by atomic mass is 9.89. The van der Waals surface area contributed by atoms with Crippen molar-refractivity contribution in [3.63, 3.8) is 0 Å². The highest BCUT2D eigenvalue weighted by Gasteiger charge is 2.17. The summed E-state index contributed by atoms with van der Waals surface area (Å²) in [6.07, 6.45) is 2.17. The summed E-state index contributed by atoms with van der Waals surface area (Å²) in [4.78, 5) is 0. The van der Waals surface area contributed by atoms with Crippen molar-refractivity contribution in [3.05, 3.63) is 28.8 Å². The molecule has 2 nitrogen and oxygen atoms in total. The second kappa shape index (κ2) is 6.12. The fraction of sp³-hybridized carbons (Fsp3) is 0.538. The highest BCUT2D eigenvalue weighted by Crippen LogP contribution is 2.31. The molecular weight excluding hydrogens is 222 g/mol. The van der Waals surface area contributed by atoms with Crippen LogP contribution in [0.4, 0.5) is 0 Å². The minimum atomic E-state index is 0.0566. The standard InChI is InChI=1S/C13H20ClNO/c1-4-9(5-2)13(15)10-6-7-11(14)12(8-10)16-3/h6-9,13H,4-5,15H2,1-3H3. The third kappa shape index (κ3) is 2.89. The van der Waals surface area contributed by atoms with Crippen molar-refractivity contribution < 1.29 is 4.74 Å². The monoisotopic (exact) mass is 241 g/mol. The predicted molar refractivity (Wildman–Crippen MR) is 69.0 cm³/mol. The molecule has 0 aliphatic heterocycles. The molecule has 0 bridgehead atoms. The largest absolute Gasteiger partial charge is 0.495 e. The molecule has 1 rings (SSSR count). The van der Waals surface area contributed by atoms with Gasteiger partial charge in [-0.15, -0.1) is 0 Å². The Labute approximate surface area is 103 Å². The van der Waals surface area contributed by atoms with Crippen molar-refractivity contribution in [1.82, 2.24) is 0 Å². The van der Waals surface area contributed by atoms with Crippen LogP contribution in [0, 0.1) is 5.92 Å². The van der Waals surface area contributed by atoms with Crippen LogP contribution in [-0.2, 0) is 0 Å². The summed E-state index contributed by atoms with van der Waals surface area (Å²) < 4.78 is 5.20. The highest BCUT2D eigenvalue weighted by molar-refractivity contribution is 6.32. The van der Waals surface area contributed by atoms with Gasteiger partial charge in [0.2, 0.25) is 0 Å². The Kier molecular flexibility index (Phi) is 5.10. The number of rotatable bonds is 5.